The Bertz CT molecular complexity index is 685. The molecule has 98 valence electrons. The molecule has 0 radical (unpaired) electrons. The fourth-order valence-corrected chi connectivity index (χ4v) is 1.99. The van der Waals surface area contributed by atoms with Crippen LogP contribution >= 0.6 is 0 Å². The van der Waals surface area contributed by atoms with Gasteiger partial charge in [0.15, 0.2) is 0 Å². The lowest BCUT2D eigenvalue weighted by Gasteiger charge is -2.10. The summed E-state index contributed by atoms with van der Waals surface area (Å²) < 4.78 is 1.74. The topological polar surface area (TPSA) is 83.7 Å². The lowest BCUT2D eigenvalue weighted by Crippen LogP contribution is -2.43. The summed E-state index contributed by atoms with van der Waals surface area (Å²) in [7, 11) is 0. The number of fused-ring (bicyclic) bond motifs is 1. The largest absolute Gasteiger partial charge is 0.480 e. The molecule has 1 aliphatic carbocycles. The van der Waals surface area contributed by atoms with Gasteiger partial charge in [-0.05, 0) is 37.5 Å². The Morgan fingerprint density at radius 3 is 2.84 bits per heavy atom. The first-order valence-corrected chi connectivity index (χ1v) is 6.01. The summed E-state index contributed by atoms with van der Waals surface area (Å²) in [6, 6.07) is 3.77. The molecule has 2 aromatic heterocycles. The molecule has 3 rings (SSSR count). The number of aromatic nitrogens is 2. The first kappa shape index (κ1) is 11.7. The van der Waals surface area contributed by atoms with Gasteiger partial charge in [0.25, 0.3) is 5.91 Å². The van der Waals surface area contributed by atoms with Crippen molar-refractivity contribution >= 4 is 17.5 Å². The molecule has 2 aromatic rings. The third-order valence-electron chi connectivity index (χ3n) is 3.36. The molecule has 0 atom stereocenters. The average molecular weight is 259 g/mol. The average Bonchev–Trinajstić information content (AvgIpc) is 3.01. The van der Waals surface area contributed by atoms with Crippen LogP contribution in [-0.4, -0.2) is 31.9 Å². The molecule has 6 heteroatoms. The molecule has 0 unspecified atom stereocenters. The highest BCUT2D eigenvalue weighted by atomic mass is 16.4. The molecule has 0 saturated heterocycles. The van der Waals surface area contributed by atoms with E-state index in [4.69, 9.17) is 5.11 Å². The summed E-state index contributed by atoms with van der Waals surface area (Å²) in [6.07, 6.45) is 4.36. The van der Waals surface area contributed by atoms with E-state index in [1.54, 1.807) is 10.6 Å². The van der Waals surface area contributed by atoms with E-state index >= 15 is 0 Å². The summed E-state index contributed by atoms with van der Waals surface area (Å²) in [5.74, 6) is -1.43. The van der Waals surface area contributed by atoms with Gasteiger partial charge >= 0.3 is 5.97 Å². The van der Waals surface area contributed by atoms with Crippen molar-refractivity contribution in [2.75, 3.05) is 0 Å². The zero-order chi connectivity index (χ0) is 13.6. The van der Waals surface area contributed by atoms with Crippen LogP contribution in [0.4, 0.5) is 0 Å². The fraction of sp³-hybridized carbons (Fsp3) is 0.308. The Morgan fingerprint density at radius 2 is 2.21 bits per heavy atom. The van der Waals surface area contributed by atoms with E-state index in [1.807, 2.05) is 25.3 Å². The molecule has 1 aliphatic rings. The van der Waals surface area contributed by atoms with Crippen LogP contribution in [-0.2, 0) is 4.79 Å². The van der Waals surface area contributed by atoms with E-state index < -0.39 is 17.4 Å². The molecular weight excluding hydrogens is 246 g/mol. The van der Waals surface area contributed by atoms with Crippen LogP contribution in [0.25, 0.3) is 5.65 Å². The summed E-state index contributed by atoms with van der Waals surface area (Å²) in [6.45, 7) is 1.94. The van der Waals surface area contributed by atoms with Gasteiger partial charge in [0.05, 0.1) is 0 Å². The summed E-state index contributed by atoms with van der Waals surface area (Å²) in [5, 5.41) is 11.6. The number of amides is 1. The first-order chi connectivity index (χ1) is 9.00. The smallest absolute Gasteiger partial charge is 0.329 e. The quantitative estimate of drug-likeness (QED) is 0.861. The zero-order valence-corrected chi connectivity index (χ0v) is 10.4. The van der Waals surface area contributed by atoms with Crippen LogP contribution in [0.2, 0.25) is 0 Å². The molecule has 0 spiro atoms. The standard InChI is InChI=1S/C13H13N3O3/c1-8-2-5-16-7-9(14-10(16)6-8)11(17)15-13(3-4-13)12(18)19/h2,5-7H,3-4H2,1H3,(H,15,17)(H,18,19). The summed E-state index contributed by atoms with van der Waals surface area (Å²) in [4.78, 5) is 27.2. The van der Waals surface area contributed by atoms with E-state index in [0.29, 0.717) is 18.5 Å². The number of pyridine rings is 1. The number of carbonyl (C=O) groups excluding carboxylic acids is 1. The number of aryl methyl sites for hydroxylation is 1. The van der Waals surface area contributed by atoms with Crippen LogP contribution in [0.15, 0.2) is 24.5 Å². The zero-order valence-electron chi connectivity index (χ0n) is 10.4. The van der Waals surface area contributed by atoms with Crippen molar-refractivity contribution in [2.45, 2.75) is 25.3 Å². The molecule has 0 aliphatic heterocycles. The number of nitrogens with zero attached hydrogens (tertiary/aromatic N) is 2. The Hall–Kier alpha value is -2.37. The molecule has 1 amide bonds. The third-order valence-corrected chi connectivity index (χ3v) is 3.36. The SMILES string of the molecule is Cc1ccn2cc(C(=O)NC3(C(=O)O)CC3)nc2c1. The van der Waals surface area contributed by atoms with Crippen LogP contribution in [0.5, 0.6) is 0 Å². The Morgan fingerprint density at radius 1 is 1.47 bits per heavy atom. The van der Waals surface area contributed by atoms with Crippen LogP contribution < -0.4 is 5.32 Å². The van der Waals surface area contributed by atoms with Gasteiger partial charge in [0, 0.05) is 12.4 Å². The second-order valence-electron chi connectivity index (χ2n) is 4.94. The van der Waals surface area contributed by atoms with Gasteiger partial charge in [0.2, 0.25) is 0 Å². The normalized spacial score (nSPS) is 16.3. The molecule has 6 nitrogen and oxygen atoms in total. The third kappa shape index (κ3) is 1.95. The minimum atomic E-state index is -1.08. The van der Waals surface area contributed by atoms with Crippen molar-refractivity contribution < 1.29 is 14.7 Å². The monoisotopic (exact) mass is 259 g/mol. The summed E-state index contributed by atoms with van der Waals surface area (Å²) in [5.41, 5.74) is 0.876. The second-order valence-corrected chi connectivity index (χ2v) is 4.94. The van der Waals surface area contributed by atoms with Gasteiger partial charge in [-0.2, -0.15) is 0 Å². The maximum absolute atomic E-state index is 12.0. The van der Waals surface area contributed by atoms with Gasteiger partial charge in [-0.25, -0.2) is 9.78 Å². The highest BCUT2D eigenvalue weighted by Crippen LogP contribution is 2.35. The molecule has 19 heavy (non-hydrogen) atoms. The Balaban J connectivity index is 1.88. The number of aliphatic carboxylic acids is 1. The van der Waals surface area contributed by atoms with E-state index in [2.05, 4.69) is 10.3 Å². The predicted octanol–water partition coefficient (Wildman–Crippen LogP) is 0.990. The number of rotatable bonds is 3. The van der Waals surface area contributed by atoms with Crippen LogP contribution in [0.1, 0.15) is 28.9 Å². The van der Waals surface area contributed by atoms with Gasteiger partial charge in [-0.15, -0.1) is 0 Å². The number of hydrogen-bond donors (Lipinski definition) is 2. The molecule has 0 aromatic carbocycles. The molecular formula is C13H13N3O3. The van der Waals surface area contributed by atoms with Crippen molar-refractivity contribution in [1.82, 2.24) is 14.7 Å². The van der Waals surface area contributed by atoms with E-state index in [-0.39, 0.29) is 5.69 Å². The highest BCUT2D eigenvalue weighted by Gasteiger charge is 2.51. The second kappa shape index (κ2) is 3.81. The van der Waals surface area contributed by atoms with Crippen LogP contribution in [0, 0.1) is 6.92 Å². The lowest BCUT2D eigenvalue weighted by atomic mass is 10.2. The van der Waals surface area contributed by atoms with E-state index in [1.165, 1.54) is 0 Å². The first-order valence-electron chi connectivity index (χ1n) is 6.01. The minimum absolute atomic E-state index is 0.234. The van der Waals surface area contributed by atoms with Gasteiger partial charge < -0.3 is 14.8 Å². The van der Waals surface area contributed by atoms with Crippen LogP contribution in [0.3, 0.4) is 0 Å². The van der Waals surface area contributed by atoms with E-state index in [9.17, 15) is 9.59 Å². The predicted molar refractivity (Wildman–Crippen MR) is 67.0 cm³/mol. The van der Waals surface area contributed by atoms with E-state index in [0.717, 1.165) is 5.56 Å². The van der Waals surface area contributed by atoms with Gasteiger partial charge in [-0.3, -0.25) is 4.79 Å². The van der Waals surface area contributed by atoms with Crippen molar-refractivity contribution in [3.8, 4) is 0 Å². The molecule has 2 heterocycles. The van der Waals surface area contributed by atoms with Gasteiger partial charge in [0.1, 0.15) is 16.9 Å². The number of nitrogens with one attached hydrogen (secondary N) is 1. The molecule has 1 saturated carbocycles. The van der Waals surface area contributed by atoms with Gasteiger partial charge in [-0.1, -0.05) is 0 Å². The number of carbonyl (C=O) groups is 2. The van der Waals surface area contributed by atoms with Crippen molar-refractivity contribution in [2.24, 2.45) is 0 Å². The number of hydrogen-bond acceptors (Lipinski definition) is 3. The van der Waals surface area contributed by atoms with Crippen molar-refractivity contribution in [3.05, 3.63) is 35.8 Å². The number of imidazole rings is 1. The number of carboxylic acid groups (broad SMARTS) is 1. The Labute approximate surface area is 109 Å². The maximum Gasteiger partial charge on any atom is 0.329 e. The maximum atomic E-state index is 12.0. The molecule has 1 fully saturated rings. The number of carboxylic acids is 1. The highest BCUT2D eigenvalue weighted by molar-refractivity contribution is 5.98. The minimum Gasteiger partial charge on any atom is -0.480 e. The fourth-order valence-electron chi connectivity index (χ4n) is 1.99. The summed E-state index contributed by atoms with van der Waals surface area (Å²) >= 11 is 0. The molecule has 2 N–H and O–H groups in total. The molecule has 0 bridgehead atoms. The lowest BCUT2D eigenvalue weighted by molar-refractivity contribution is -0.140. The van der Waals surface area contributed by atoms with Crippen molar-refractivity contribution in [1.29, 1.82) is 0 Å². The Kier molecular flexibility index (Phi) is 2.35. The van der Waals surface area contributed by atoms with Crippen molar-refractivity contribution in [3.63, 3.8) is 0 Å².